The molecule has 0 saturated carbocycles. The van der Waals surface area contributed by atoms with Gasteiger partial charge in [0.1, 0.15) is 23.4 Å². The molecule has 2 aromatic rings. The Labute approximate surface area is 196 Å². The molecule has 180 valence electrons. The Kier molecular flexibility index (Phi) is 9.33. The monoisotopic (exact) mass is 478 g/mol. The number of thioether (sulfide) groups is 1. The van der Waals surface area contributed by atoms with Crippen LogP contribution in [0.25, 0.3) is 11.0 Å². The third-order valence-corrected chi connectivity index (χ3v) is 6.11. The van der Waals surface area contributed by atoms with Crippen LogP contribution in [0.3, 0.4) is 0 Å². The summed E-state index contributed by atoms with van der Waals surface area (Å²) in [5.74, 6) is -0.911. The molecule has 1 aromatic carbocycles. The van der Waals surface area contributed by atoms with Gasteiger partial charge in [-0.1, -0.05) is 0 Å². The topological polar surface area (TPSA) is 135 Å². The first-order chi connectivity index (χ1) is 15.6. The van der Waals surface area contributed by atoms with Crippen LogP contribution in [0.2, 0.25) is 0 Å². The second kappa shape index (κ2) is 11.7. The summed E-state index contributed by atoms with van der Waals surface area (Å²) >= 11 is 1.51. The van der Waals surface area contributed by atoms with Crippen LogP contribution in [-0.4, -0.2) is 54.1 Å². The molecule has 0 saturated heterocycles. The maximum atomic E-state index is 12.6. The van der Waals surface area contributed by atoms with Gasteiger partial charge in [-0.05, 0) is 63.3 Å². The number of methoxy groups -OCH3 is 1. The summed E-state index contributed by atoms with van der Waals surface area (Å²) in [6, 6.07) is 1.68. The normalized spacial score (nSPS) is 12.8. The molecular formula is C23H30N2O7S. The minimum atomic E-state index is -1.16. The zero-order chi connectivity index (χ0) is 24.7. The number of hydrogen-bond acceptors (Lipinski definition) is 7. The largest absolute Gasteiger partial charge is 0.496 e. The van der Waals surface area contributed by atoms with Crippen LogP contribution >= 0.6 is 11.8 Å². The van der Waals surface area contributed by atoms with E-state index in [1.54, 1.807) is 20.1 Å². The fraction of sp³-hybridized carbons (Fsp3) is 0.478. The number of aliphatic carboxylic acids is 1. The van der Waals surface area contributed by atoms with E-state index in [-0.39, 0.29) is 12.8 Å². The number of hydrogen-bond donors (Lipinski definition) is 3. The fourth-order valence-corrected chi connectivity index (χ4v) is 3.94. The standard InChI is InChI=1S/C23H30N2O7S/c1-12-15-6-8-18(31-4)13(2)20(15)32-23(30)16(12)7-9-19(26)25-17(10-11-33-5)21(27)24-14(3)22(28)29/h6,8,14,17H,7,9-11H2,1-5H3,(H,24,27)(H,25,26)(H,28,29)/t14-,17+/m0/s1. The van der Waals surface area contributed by atoms with E-state index in [1.807, 2.05) is 19.2 Å². The number of rotatable bonds is 11. The van der Waals surface area contributed by atoms with E-state index in [2.05, 4.69) is 10.6 Å². The van der Waals surface area contributed by atoms with E-state index >= 15 is 0 Å². The van der Waals surface area contributed by atoms with Gasteiger partial charge in [0.15, 0.2) is 0 Å². The Hall–Kier alpha value is -3.01. The Morgan fingerprint density at radius 3 is 2.48 bits per heavy atom. The van der Waals surface area contributed by atoms with Crippen molar-refractivity contribution >= 4 is 40.5 Å². The summed E-state index contributed by atoms with van der Waals surface area (Å²) in [5.41, 5.74) is 1.78. The van der Waals surface area contributed by atoms with Gasteiger partial charge in [0.05, 0.1) is 7.11 Å². The molecule has 9 nitrogen and oxygen atoms in total. The van der Waals surface area contributed by atoms with Crippen molar-refractivity contribution in [3.05, 3.63) is 39.2 Å². The van der Waals surface area contributed by atoms with E-state index < -0.39 is 35.5 Å². The highest BCUT2D eigenvalue weighted by Gasteiger charge is 2.24. The first-order valence-corrected chi connectivity index (χ1v) is 11.9. The van der Waals surface area contributed by atoms with Crippen LogP contribution in [0.5, 0.6) is 5.75 Å². The SMILES string of the molecule is COc1ccc2c(C)c(CCC(=O)N[C@H](CCSC)C(=O)N[C@@H](C)C(=O)O)c(=O)oc2c1C. The number of fused-ring (bicyclic) bond motifs is 1. The smallest absolute Gasteiger partial charge is 0.339 e. The van der Waals surface area contributed by atoms with Crippen molar-refractivity contribution < 1.29 is 28.6 Å². The summed E-state index contributed by atoms with van der Waals surface area (Å²) in [7, 11) is 1.54. The van der Waals surface area contributed by atoms with Gasteiger partial charge < -0.3 is 24.9 Å². The van der Waals surface area contributed by atoms with Crippen LogP contribution in [0.1, 0.15) is 36.5 Å². The summed E-state index contributed by atoms with van der Waals surface area (Å²) in [5, 5.41) is 14.8. The van der Waals surface area contributed by atoms with Gasteiger partial charge in [-0.2, -0.15) is 11.8 Å². The third kappa shape index (κ3) is 6.50. The minimum Gasteiger partial charge on any atom is -0.496 e. The molecule has 2 amide bonds. The molecule has 10 heteroatoms. The molecule has 0 bridgehead atoms. The van der Waals surface area contributed by atoms with Gasteiger partial charge in [0, 0.05) is 22.9 Å². The highest BCUT2D eigenvalue weighted by atomic mass is 32.2. The number of nitrogens with one attached hydrogen (secondary N) is 2. The number of benzene rings is 1. The molecule has 2 atom stereocenters. The number of carbonyl (C=O) groups excluding carboxylic acids is 2. The predicted octanol–water partition coefficient (Wildman–Crippen LogP) is 2.18. The second-order valence-corrected chi connectivity index (χ2v) is 8.72. The van der Waals surface area contributed by atoms with E-state index in [4.69, 9.17) is 14.3 Å². The van der Waals surface area contributed by atoms with Crippen molar-refractivity contribution in [2.75, 3.05) is 19.1 Å². The number of ether oxygens (including phenoxy) is 1. The molecule has 0 aliphatic carbocycles. The van der Waals surface area contributed by atoms with Gasteiger partial charge in [0.2, 0.25) is 11.8 Å². The average Bonchev–Trinajstić information content (AvgIpc) is 2.77. The van der Waals surface area contributed by atoms with Crippen LogP contribution in [0.15, 0.2) is 21.3 Å². The first-order valence-electron chi connectivity index (χ1n) is 10.5. The summed E-state index contributed by atoms with van der Waals surface area (Å²) in [6.07, 6.45) is 2.34. The molecule has 0 aliphatic heterocycles. The lowest BCUT2D eigenvalue weighted by Crippen LogP contribution is -2.51. The molecule has 0 aliphatic rings. The number of aryl methyl sites for hydroxylation is 2. The maximum Gasteiger partial charge on any atom is 0.339 e. The maximum absolute atomic E-state index is 12.6. The summed E-state index contributed by atoms with van der Waals surface area (Å²) in [6.45, 7) is 4.97. The second-order valence-electron chi connectivity index (χ2n) is 7.73. The number of carboxylic acids is 1. The zero-order valence-corrected chi connectivity index (χ0v) is 20.3. The quantitative estimate of drug-likeness (QED) is 0.418. The molecule has 0 spiro atoms. The molecule has 1 heterocycles. The van der Waals surface area contributed by atoms with Gasteiger partial charge in [-0.15, -0.1) is 0 Å². The van der Waals surface area contributed by atoms with Crippen molar-refractivity contribution in [3.8, 4) is 5.75 Å². The number of carbonyl (C=O) groups is 3. The Morgan fingerprint density at radius 2 is 1.88 bits per heavy atom. The molecule has 0 radical (unpaired) electrons. The molecule has 0 unspecified atom stereocenters. The van der Waals surface area contributed by atoms with Crippen molar-refractivity contribution in [2.45, 2.75) is 52.1 Å². The highest BCUT2D eigenvalue weighted by molar-refractivity contribution is 7.98. The minimum absolute atomic E-state index is 0.0240. The van der Waals surface area contributed by atoms with Crippen molar-refractivity contribution in [3.63, 3.8) is 0 Å². The number of amides is 2. The molecule has 0 fully saturated rings. The lowest BCUT2D eigenvalue weighted by molar-refractivity contribution is -0.141. The molecule has 33 heavy (non-hydrogen) atoms. The van der Waals surface area contributed by atoms with Crippen molar-refractivity contribution in [1.82, 2.24) is 10.6 Å². The first kappa shape index (κ1) is 26.2. The van der Waals surface area contributed by atoms with Crippen LogP contribution in [0.4, 0.5) is 0 Å². The zero-order valence-electron chi connectivity index (χ0n) is 19.4. The van der Waals surface area contributed by atoms with E-state index in [1.165, 1.54) is 18.7 Å². The van der Waals surface area contributed by atoms with Crippen LogP contribution < -0.4 is 21.0 Å². The lowest BCUT2D eigenvalue weighted by Gasteiger charge is -2.20. The van der Waals surface area contributed by atoms with Crippen LogP contribution in [-0.2, 0) is 20.8 Å². The van der Waals surface area contributed by atoms with E-state index in [0.29, 0.717) is 29.1 Å². The van der Waals surface area contributed by atoms with Gasteiger partial charge >= 0.3 is 11.6 Å². The Bertz CT molecular complexity index is 1100. The fourth-order valence-electron chi connectivity index (χ4n) is 3.47. The average molecular weight is 479 g/mol. The van der Waals surface area contributed by atoms with Gasteiger partial charge in [-0.25, -0.2) is 4.79 Å². The van der Waals surface area contributed by atoms with Gasteiger partial charge in [0.25, 0.3) is 0 Å². The Balaban J connectivity index is 2.15. The third-order valence-electron chi connectivity index (χ3n) is 5.47. The van der Waals surface area contributed by atoms with Gasteiger partial charge in [-0.3, -0.25) is 14.4 Å². The van der Waals surface area contributed by atoms with Crippen molar-refractivity contribution in [1.29, 1.82) is 0 Å². The Morgan fingerprint density at radius 1 is 1.18 bits per heavy atom. The summed E-state index contributed by atoms with van der Waals surface area (Å²) in [4.78, 5) is 48.6. The molecule has 2 rings (SSSR count). The summed E-state index contributed by atoms with van der Waals surface area (Å²) < 4.78 is 10.8. The molecule has 3 N–H and O–H groups in total. The van der Waals surface area contributed by atoms with Crippen LogP contribution in [0, 0.1) is 13.8 Å². The van der Waals surface area contributed by atoms with E-state index in [0.717, 1.165) is 16.5 Å². The van der Waals surface area contributed by atoms with E-state index in [9.17, 15) is 19.2 Å². The lowest BCUT2D eigenvalue weighted by atomic mass is 10.00. The molecule has 1 aromatic heterocycles. The molecular weight excluding hydrogens is 448 g/mol. The highest BCUT2D eigenvalue weighted by Crippen LogP contribution is 2.29. The predicted molar refractivity (Wildman–Crippen MR) is 127 cm³/mol. The van der Waals surface area contributed by atoms with Crippen molar-refractivity contribution in [2.24, 2.45) is 0 Å². The number of carboxylic acid groups (broad SMARTS) is 1.